The normalized spacial score (nSPS) is 26.1. The zero-order chi connectivity index (χ0) is 13.2. The van der Waals surface area contributed by atoms with Gasteiger partial charge in [-0.1, -0.05) is 0 Å². The van der Waals surface area contributed by atoms with Gasteiger partial charge in [-0.2, -0.15) is 0 Å². The minimum absolute atomic E-state index is 0.128. The lowest BCUT2D eigenvalue weighted by Crippen LogP contribution is -2.53. The third-order valence-corrected chi connectivity index (χ3v) is 5.42. The highest BCUT2D eigenvalue weighted by Crippen LogP contribution is 2.34. The Bertz CT molecular complexity index is 407. The van der Waals surface area contributed by atoms with Crippen LogP contribution in [-0.2, 0) is 14.6 Å². The zero-order valence-electron chi connectivity index (χ0n) is 10.4. The van der Waals surface area contributed by atoms with Gasteiger partial charge in [-0.3, -0.25) is 0 Å². The van der Waals surface area contributed by atoms with Crippen LogP contribution < -0.4 is 5.73 Å². The van der Waals surface area contributed by atoms with E-state index < -0.39 is 15.4 Å². The molecule has 2 aliphatic heterocycles. The first-order chi connectivity index (χ1) is 8.46. The summed E-state index contributed by atoms with van der Waals surface area (Å²) in [6, 6.07) is 0. The van der Waals surface area contributed by atoms with Gasteiger partial charge in [0.25, 0.3) is 0 Å². The molecule has 2 aliphatic rings. The Kier molecular flexibility index (Phi) is 3.82. The molecule has 0 unspecified atom stereocenters. The van der Waals surface area contributed by atoms with Crippen molar-refractivity contribution in [2.45, 2.75) is 31.3 Å². The Balaban J connectivity index is 1.94. The summed E-state index contributed by atoms with van der Waals surface area (Å²) in [5.41, 5.74) is 4.87. The number of nitrogens with zero attached hydrogens (tertiary/aromatic N) is 1. The van der Waals surface area contributed by atoms with Gasteiger partial charge in [0.05, 0.1) is 11.5 Å². The minimum atomic E-state index is -2.92. The van der Waals surface area contributed by atoms with E-state index in [1.54, 1.807) is 4.90 Å². The third-order valence-electron chi connectivity index (χ3n) is 3.77. The fourth-order valence-corrected chi connectivity index (χ4v) is 4.05. The molecule has 2 saturated heterocycles. The number of hydrogen-bond donors (Lipinski definition) is 1. The molecule has 0 aromatic carbocycles. The van der Waals surface area contributed by atoms with Gasteiger partial charge in [0.2, 0.25) is 0 Å². The van der Waals surface area contributed by atoms with Crippen LogP contribution in [0.4, 0.5) is 4.79 Å². The van der Waals surface area contributed by atoms with E-state index >= 15 is 0 Å². The standard InChI is InChI=1S/C11H20N2O4S/c12-5-1-6-13-7-2-11(17-10(13)14)3-8-18(15,16)9-4-11/h1-9,12H2. The molecule has 0 bridgehead atoms. The van der Waals surface area contributed by atoms with Gasteiger partial charge >= 0.3 is 6.09 Å². The van der Waals surface area contributed by atoms with Gasteiger partial charge in [-0.05, 0) is 13.0 Å². The van der Waals surface area contributed by atoms with E-state index in [-0.39, 0.29) is 17.6 Å². The highest BCUT2D eigenvalue weighted by Gasteiger charge is 2.44. The van der Waals surface area contributed by atoms with Crippen LogP contribution in [0, 0.1) is 0 Å². The van der Waals surface area contributed by atoms with E-state index in [1.807, 2.05) is 0 Å². The van der Waals surface area contributed by atoms with Crippen molar-refractivity contribution in [3.8, 4) is 0 Å². The minimum Gasteiger partial charge on any atom is -0.443 e. The van der Waals surface area contributed by atoms with Gasteiger partial charge in [-0.15, -0.1) is 0 Å². The molecule has 7 heteroatoms. The average molecular weight is 276 g/mol. The fourth-order valence-electron chi connectivity index (χ4n) is 2.48. The molecular weight excluding hydrogens is 256 g/mol. The molecule has 0 aromatic rings. The lowest BCUT2D eigenvalue weighted by molar-refractivity contribution is -0.0538. The molecule has 2 heterocycles. The Morgan fingerprint density at radius 1 is 1.28 bits per heavy atom. The molecule has 0 radical (unpaired) electrons. The number of nitrogens with two attached hydrogens (primary N) is 1. The van der Waals surface area contributed by atoms with Gasteiger partial charge in [-0.25, -0.2) is 13.2 Å². The Hall–Kier alpha value is -0.820. The fraction of sp³-hybridized carbons (Fsp3) is 0.909. The monoisotopic (exact) mass is 276 g/mol. The van der Waals surface area contributed by atoms with E-state index in [9.17, 15) is 13.2 Å². The summed E-state index contributed by atoms with van der Waals surface area (Å²) in [6.07, 6.45) is 2.03. The number of amides is 1. The summed E-state index contributed by atoms with van der Waals surface area (Å²) in [4.78, 5) is 13.5. The maximum Gasteiger partial charge on any atom is 0.410 e. The third kappa shape index (κ3) is 2.95. The molecule has 104 valence electrons. The van der Waals surface area contributed by atoms with Gasteiger partial charge in [0, 0.05) is 32.4 Å². The van der Waals surface area contributed by atoms with E-state index in [0.29, 0.717) is 32.5 Å². The van der Waals surface area contributed by atoms with Crippen molar-refractivity contribution in [3.63, 3.8) is 0 Å². The van der Waals surface area contributed by atoms with Crippen LogP contribution in [0.25, 0.3) is 0 Å². The molecule has 1 spiro atoms. The molecule has 2 rings (SSSR count). The second-order valence-corrected chi connectivity index (χ2v) is 7.39. The van der Waals surface area contributed by atoms with Crippen LogP contribution in [0.2, 0.25) is 0 Å². The molecule has 6 nitrogen and oxygen atoms in total. The van der Waals surface area contributed by atoms with Crippen molar-refractivity contribution in [2.75, 3.05) is 31.1 Å². The maximum atomic E-state index is 11.8. The largest absolute Gasteiger partial charge is 0.443 e. The van der Waals surface area contributed by atoms with E-state index in [0.717, 1.165) is 12.8 Å². The number of sulfone groups is 1. The quantitative estimate of drug-likeness (QED) is 0.791. The summed E-state index contributed by atoms with van der Waals surface area (Å²) < 4.78 is 28.3. The number of rotatable bonds is 3. The molecule has 0 aliphatic carbocycles. The topological polar surface area (TPSA) is 89.7 Å². The van der Waals surface area contributed by atoms with Crippen molar-refractivity contribution in [3.05, 3.63) is 0 Å². The molecule has 0 atom stereocenters. The molecule has 0 saturated carbocycles. The van der Waals surface area contributed by atoms with Crippen LogP contribution in [-0.4, -0.2) is 56.2 Å². The molecular formula is C11H20N2O4S. The highest BCUT2D eigenvalue weighted by atomic mass is 32.2. The summed E-state index contributed by atoms with van der Waals surface area (Å²) in [7, 11) is -2.92. The Morgan fingerprint density at radius 2 is 1.94 bits per heavy atom. The van der Waals surface area contributed by atoms with Crippen LogP contribution in [0.15, 0.2) is 0 Å². The second-order valence-electron chi connectivity index (χ2n) is 5.08. The highest BCUT2D eigenvalue weighted by molar-refractivity contribution is 7.91. The lowest BCUT2D eigenvalue weighted by Gasteiger charge is -2.43. The summed E-state index contributed by atoms with van der Waals surface area (Å²) >= 11 is 0. The zero-order valence-corrected chi connectivity index (χ0v) is 11.2. The van der Waals surface area contributed by atoms with Crippen molar-refractivity contribution in [1.29, 1.82) is 0 Å². The Labute approximate surface area is 107 Å². The van der Waals surface area contributed by atoms with Crippen molar-refractivity contribution in [2.24, 2.45) is 5.73 Å². The van der Waals surface area contributed by atoms with Crippen molar-refractivity contribution in [1.82, 2.24) is 4.90 Å². The summed E-state index contributed by atoms with van der Waals surface area (Å²) in [5.74, 6) is 0.256. The first-order valence-electron chi connectivity index (χ1n) is 6.35. The van der Waals surface area contributed by atoms with E-state index in [4.69, 9.17) is 10.5 Å². The number of carbonyl (C=O) groups is 1. The second kappa shape index (κ2) is 5.05. The first-order valence-corrected chi connectivity index (χ1v) is 8.17. The van der Waals surface area contributed by atoms with Crippen LogP contribution in [0.3, 0.4) is 0 Å². The number of carbonyl (C=O) groups excluding carboxylic acids is 1. The Morgan fingerprint density at radius 3 is 2.50 bits per heavy atom. The molecule has 0 aromatic heterocycles. The molecule has 2 N–H and O–H groups in total. The van der Waals surface area contributed by atoms with Crippen molar-refractivity contribution >= 4 is 15.9 Å². The summed E-state index contributed by atoms with van der Waals surface area (Å²) in [6.45, 7) is 1.80. The molecule has 18 heavy (non-hydrogen) atoms. The smallest absolute Gasteiger partial charge is 0.410 e. The van der Waals surface area contributed by atoms with Crippen molar-refractivity contribution < 1.29 is 17.9 Å². The number of hydrogen-bond acceptors (Lipinski definition) is 5. The first kappa shape index (κ1) is 13.6. The summed E-state index contributed by atoms with van der Waals surface area (Å²) in [5, 5.41) is 0. The van der Waals surface area contributed by atoms with E-state index in [1.165, 1.54) is 0 Å². The average Bonchev–Trinajstić information content (AvgIpc) is 2.33. The van der Waals surface area contributed by atoms with Crippen LogP contribution >= 0.6 is 0 Å². The molecule has 2 fully saturated rings. The predicted octanol–water partition coefficient (Wildman–Crippen LogP) is 0.125. The maximum absolute atomic E-state index is 11.8. The molecule has 1 amide bonds. The van der Waals surface area contributed by atoms with E-state index in [2.05, 4.69) is 0 Å². The van der Waals surface area contributed by atoms with Gasteiger partial charge < -0.3 is 15.4 Å². The predicted molar refractivity (Wildman–Crippen MR) is 67.0 cm³/mol. The van der Waals surface area contributed by atoms with Gasteiger partial charge in [0.1, 0.15) is 5.60 Å². The van der Waals surface area contributed by atoms with Crippen LogP contribution in [0.5, 0.6) is 0 Å². The lowest BCUT2D eigenvalue weighted by atomic mass is 9.91. The SMILES string of the molecule is NCCCN1CCC2(CCS(=O)(=O)CC2)OC1=O. The number of ether oxygens (including phenoxy) is 1. The van der Waals surface area contributed by atoms with Crippen LogP contribution in [0.1, 0.15) is 25.7 Å². The van der Waals surface area contributed by atoms with Gasteiger partial charge in [0.15, 0.2) is 9.84 Å².